The highest BCUT2D eigenvalue weighted by molar-refractivity contribution is 5.88. The normalized spacial score (nSPS) is 17.9. The molecule has 1 atom stereocenters. The smallest absolute Gasteiger partial charge is 0.337 e. The van der Waals surface area contributed by atoms with Crippen molar-refractivity contribution in [2.75, 3.05) is 25.0 Å². The molecule has 5 heteroatoms. The number of rotatable bonds is 5. The molecule has 1 aliphatic rings. The number of hydrogen-bond donors (Lipinski definition) is 1. The zero-order chi connectivity index (χ0) is 16.9. The lowest BCUT2D eigenvalue weighted by Gasteiger charge is -2.38. The lowest BCUT2D eigenvalue weighted by atomic mass is 10.0. The average molecular weight is 325 g/mol. The van der Waals surface area contributed by atoms with E-state index in [0.29, 0.717) is 23.8 Å². The van der Waals surface area contributed by atoms with Gasteiger partial charge in [-0.15, -0.1) is 0 Å². The monoisotopic (exact) mass is 325 g/mol. The van der Waals surface area contributed by atoms with Gasteiger partial charge >= 0.3 is 5.97 Å². The molecule has 5 nitrogen and oxygen atoms in total. The number of nitrogens with zero attached hydrogens (tertiary/aromatic N) is 3. The average Bonchev–Trinajstić information content (AvgIpc) is 2.63. The van der Waals surface area contributed by atoms with Gasteiger partial charge in [0.1, 0.15) is 0 Å². The highest BCUT2D eigenvalue weighted by atomic mass is 16.4. The first-order chi connectivity index (χ1) is 11.6. The highest BCUT2D eigenvalue weighted by Crippen LogP contribution is 2.22. The molecule has 0 bridgehead atoms. The van der Waals surface area contributed by atoms with E-state index in [9.17, 15) is 9.90 Å². The van der Waals surface area contributed by atoms with Crippen LogP contribution in [-0.4, -0.2) is 47.1 Å². The van der Waals surface area contributed by atoms with Crippen LogP contribution in [0.1, 0.15) is 28.9 Å². The number of aromatic carboxylic acids is 1. The Kier molecular flexibility index (Phi) is 5.11. The second kappa shape index (κ2) is 7.45. The maximum Gasteiger partial charge on any atom is 0.337 e. The highest BCUT2D eigenvalue weighted by Gasteiger charge is 2.24. The molecule has 1 fully saturated rings. The van der Waals surface area contributed by atoms with Crippen LogP contribution < -0.4 is 4.90 Å². The number of benzene rings is 1. The Morgan fingerprint density at radius 2 is 2.08 bits per heavy atom. The molecule has 3 rings (SSSR count). The number of pyridine rings is 1. The van der Waals surface area contributed by atoms with Crippen molar-refractivity contribution in [2.24, 2.45) is 0 Å². The Hall–Kier alpha value is -2.40. The number of hydrogen-bond acceptors (Lipinski definition) is 4. The molecular weight excluding hydrogens is 302 g/mol. The molecule has 0 spiro atoms. The van der Waals surface area contributed by atoms with Crippen molar-refractivity contribution in [3.05, 3.63) is 59.9 Å². The first-order valence-electron chi connectivity index (χ1n) is 8.32. The van der Waals surface area contributed by atoms with Gasteiger partial charge in [-0.2, -0.15) is 0 Å². The number of carboxylic acid groups (broad SMARTS) is 1. The van der Waals surface area contributed by atoms with Crippen LogP contribution in [-0.2, 0) is 6.54 Å². The molecule has 1 N–H and O–H groups in total. The number of para-hydroxylation sites is 1. The number of aromatic nitrogens is 1. The van der Waals surface area contributed by atoms with E-state index in [1.165, 1.54) is 5.69 Å². The van der Waals surface area contributed by atoms with Gasteiger partial charge in [0.15, 0.2) is 0 Å². The van der Waals surface area contributed by atoms with Gasteiger partial charge in [-0.25, -0.2) is 4.79 Å². The third kappa shape index (κ3) is 3.74. The fourth-order valence-electron chi connectivity index (χ4n) is 3.31. The molecule has 0 aliphatic carbocycles. The Balaban J connectivity index is 1.69. The predicted molar refractivity (Wildman–Crippen MR) is 94.3 cm³/mol. The molecule has 24 heavy (non-hydrogen) atoms. The van der Waals surface area contributed by atoms with Gasteiger partial charge in [0, 0.05) is 37.6 Å². The number of anilines is 1. The molecule has 1 saturated heterocycles. The summed E-state index contributed by atoms with van der Waals surface area (Å²) in [6, 6.07) is 14.1. The van der Waals surface area contributed by atoms with Crippen molar-refractivity contribution in [1.82, 2.24) is 9.88 Å². The van der Waals surface area contributed by atoms with Crippen LogP contribution in [0.15, 0.2) is 48.7 Å². The molecule has 1 aromatic carbocycles. The maximum atomic E-state index is 11.3. The largest absolute Gasteiger partial charge is 0.478 e. The third-order valence-electron chi connectivity index (χ3n) is 4.66. The minimum Gasteiger partial charge on any atom is -0.478 e. The van der Waals surface area contributed by atoms with E-state index in [2.05, 4.69) is 46.1 Å². The summed E-state index contributed by atoms with van der Waals surface area (Å²) in [6.07, 6.45) is 3.92. The van der Waals surface area contributed by atoms with Gasteiger partial charge < -0.3 is 10.0 Å². The van der Waals surface area contributed by atoms with Gasteiger partial charge in [0.05, 0.1) is 11.3 Å². The third-order valence-corrected chi connectivity index (χ3v) is 4.66. The van der Waals surface area contributed by atoms with Crippen molar-refractivity contribution in [3.8, 4) is 0 Å². The van der Waals surface area contributed by atoms with Crippen LogP contribution >= 0.6 is 0 Å². The summed E-state index contributed by atoms with van der Waals surface area (Å²) in [5, 5.41) is 9.31. The van der Waals surface area contributed by atoms with Crippen LogP contribution in [0.5, 0.6) is 0 Å². The van der Waals surface area contributed by atoms with Crippen LogP contribution in [0.4, 0.5) is 5.69 Å². The van der Waals surface area contributed by atoms with Gasteiger partial charge in [-0.05, 0) is 44.2 Å². The number of piperidine rings is 1. The van der Waals surface area contributed by atoms with Crippen LogP contribution in [0.2, 0.25) is 0 Å². The fourth-order valence-corrected chi connectivity index (χ4v) is 3.31. The van der Waals surface area contributed by atoms with Crippen molar-refractivity contribution in [3.63, 3.8) is 0 Å². The lowest BCUT2D eigenvalue weighted by Crippen LogP contribution is -2.46. The number of likely N-dealkylation sites (N-methyl/N-ethyl adjacent to an activating group) is 1. The molecular formula is C19H23N3O2. The Morgan fingerprint density at radius 1 is 1.29 bits per heavy atom. The van der Waals surface area contributed by atoms with Crippen molar-refractivity contribution in [2.45, 2.75) is 25.4 Å². The minimum atomic E-state index is -0.916. The summed E-state index contributed by atoms with van der Waals surface area (Å²) in [5.74, 6) is -0.916. The number of carbonyl (C=O) groups is 1. The summed E-state index contributed by atoms with van der Waals surface area (Å²) in [5.41, 5.74) is 2.17. The summed E-state index contributed by atoms with van der Waals surface area (Å²) in [7, 11) is 2.06. The fraction of sp³-hybridized carbons (Fsp3) is 0.368. The van der Waals surface area contributed by atoms with Crippen molar-refractivity contribution in [1.29, 1.82) is 0 Å². The summed E-state index contributed by atoms with van der Waals surface area (Å²) in [6.45, 7) is 2.57. The molecule has 1 aliphatic heterocycles. The molecule has 2 aromatic rings. The van der Waals surface area contributed by atoms with Gasteiger partial charge in [-0.1, -0.05) is 18.2 Å². The zero-order valence-electron chi connectivity index (χ0n) is 13.9. The standard InChI is InChI=1S/C19H23N3O2/c1-21(14-18-17(19(23)24)10-5-11-20-18)16-9-6-12-22(13-16)15-7-3-2-4-8-15/h2-5,7-8,10-11,16H,6,9,12-14H2,1H3,(H,23,24). The Morgan fingerprint density at radius 3 is 2.83 bits per heavy atom. The van der Waals surface area contributed by atoms with E-state index in [1.54, 1.807) is 18.3 Å². The second-order valence-corrected chi connectivity index (χ2v) is 6.30. The van der Waals surface area contributed by atoms with Crippen LogP contribution in [0.3, 0.4) is 0 Å². The quantitative estimate of drug-likeness (QED) is 0.916. The zero-order valence-corrected chi connectivity index (χ0v) is 13.9. The van der Waals surface area contributed by atoms with Gasteiger partial charge in [0.2, 0.25) is 0 Å². The van der Waals surface area contributed by atoms with E-state index in [1.807, 2.05) is 6.07 Å². The second-order valence-electron chi connectivity index (χ2n) is 6.30. The molecule has 0 saturated carbocycles. The van der Waals surface area contributed by atoms with Crippen molar-refractivity contribution < 1.29 is 9.90 Å². The van der Waals surface area contributed by atoms with Crippen LogP contribution in [0, 0.1) is 0 Å². The van der Waals surface area contributed by atoms with Crippen molar-refractivity contribution >= 4 is 11.7 Å². The molecule has 1 unspecified atom stereocenters. The lowest BCUT2D eigenvalue weighted by molar-refractivity contribution is 0.0693. The SMILES string of the molecule is CN(Cc1ncccc1C(=O)O)C1CCCN(c2ccccc2)C1. The number of carboxylic acids is 1. The van der Waals surface area contributed by atoms with E-state index < -0.39 is 5.97 Å². The van der Waals surface area contributed by atoms with Gasteiger partial charge in [0.25, 0.3) is 0 Å². The van der Waals surface area contributed by atoms with Crippen LogP contribution in [0.25, 0.3) is 0 Å². The molecule has 2 heterocycles. The summed E-state index contributed by atoms with van der Waals surface area (Å²) >= 11 is 0. The Bertz CT molecular complexity index is 690. The Labute approximate surface area is 142 Å². The maximum absolute atomic E-state index is 11.3. The van der Waals surface area contributed by atoms with E-state index in [-0.39, 0.29) is 0 Å². The first kappa shape index (κ1) is 16.5. The van der Waals surface area contributed by atoms with E-state index in [0.717, 1.165) is 25.9 Å². The first-order valence-corrected chi connectivity index (χ1v) is 8.32. The minimum absolute atomic E-state index is 0.292. The van der Waals surface area contributed by atoms with E-state index >= 15 is 0 Å². The molecule has 126 valence electrons. The molecule has 0 amide bonds. The van der Waals surface area contributed by atoms with E-state index in [4.69, 9.17) is 0 Å². The summed E-state index contributed by atoms with van der Waals surface area (Å²) < 4.78 is 0. The van der Waals surface area contributed by atoms with Gasteiger partial charge in [-0.3, -0.25) is 9.88 Å². The summed E-state index contributed by atoms with van der Waals surface area (Å²) in [4.78, 5) is 20.3. The molecule has 1 aromatic heterocycles. The topological polar surface area (TPSA) is 56.7 Å². The molecule has 0 radical (unpaired) electrons. The predicted octanol–water partition coefficient (Wildman–Crippen LogP) is 2.88.